The number of aromatic nitrogens is 1. The van der Waals surface area contributed by atoms with E-state index in [2.05, 4.69) is 5.16 Å². The molecule has 0 saturated heterocycles. The summed E-state index contributed by atoms with van der Waals surface area (Å²) in [6.07, 6.45) is 1.07. The fourth-order valence-electron chi connectivity index (χ4n) is 1.71. The summed E-state index contributed by atoms with van der Waals surface area (Å²) in [5.41, 5.74) is -0.0743. The number of hydrogen-bond donors (Lipinski definition) is 1. The lowest BCUT2D eigenvalue weighted by Gasteiger charge is -1.91. The highest BCUT2D eigenvalue weighted by Crippen LogP contribution is 2.31. The van der Waals surface area contributed by atoms with Gasteiger partial charge in [0.05, 0.1) is 6.20 Å². The Bertz CT molecular complexity index is 743. The van der Waals surface area contributed by atoms with Crippen molar-refractivity contribution in [3.8, 4) is 11.5 Å². The first-order chi connectivity index (χ1) is 8.66. The molecule has 0 bridgehead atoms. The number of carboxylic acid groups (broad SMARTS) is 1. The van der Waals surface area contributed by atoms with Crippen LogP contribution in [0, 0.1) is 5.82 Å². The van der Waals surface area contributed by atoms with E-state index in [1.54, 1.807) is 6.07 Å². The van der Waals surface area contributed by atoms with E-state index in [9.17, 15) is 9.18 Å². The highest BCUT2D eigenvalue weighted by atomic mass is 19.1. The van der Waals surface area contributed by atoms with Crippen molar-refractivity contribution >= 4 is 16.9 Å². The molecule has 3 aromatic rings. The first-order valence-electron chi connectivity index (χ1n) is 5.03. The fourth-order valence-corrected chi connectivity index (χ4v) is 1.71. The SMILES string of the molecule is O=C(O)c1cnoc1-c1cc2cccc(F)c2o1. The molecular formula is C12H6FNO4. The molecule has 2 aromatic heterocycles. The van der Waals surface area contributed by atoms with Gasteiger partial charge in [0.1, 0.15) is 5.56 Å². The van der Waals surface area contributed by atoms with Crippen molar-refractivity contribution in [1.82, 2.24) is 5.16 Å². The van der Waals surface area contributed by atoms with Gasteiger partial charge >= 0.3 is 5.97 Å². The summed E-state index contributed by atoms with van der Waals surface area (Å²) in [5, 5.41) is 12.9. The molecule has 0 atom stereocenters. The minimum absolute atomic E-state index is 0.0295. The van der Waals surface area contributed by atoms with E-state index in [4.69, 9.17) is 14.0 Å². The van der Waals surface area contributed by atoms with Crippen LogP contribution in [0.3, 0.4) is 0 Å². The van der Waals surface area contributed by atoms with Crippen LogP contribution in [0.2, 0.25) is 0 Å². The number of carbonyl (C=O) groups is 1. The molecule has 1 aromatic carbocycles. The van der Waals surface area contributed by atoms with Crippen LogP contribution in [0.1, 0.15) is 10.4 Å². The molecule has 0 fully saturated rings. The zero-order valence-electron chi connectivity index (χ0n) is 8.88. The molecule has 0 aliphatic rings. The Kier molecular flexibility index (Phi) is 2.16. The predicted molar refractivity (Wildman–Crippen MR) is 58.6 cm³/mol. The Morgan fingerprint density at radius 2 is 2.22 bits per heavy atom. The molecule has 3 rings (SSSR count). The van der Waals surface area contributed by atoms with E-state index in [1.165, 1.54) is 18.2 Å². The minimum Gasteiger partial charge on any atom is -0.477 e. The largest absolute Gasteiger partial charge is 0.477 e. The van der Waals surface area contributed by atoms with Crippen LogP contribution >= 0.6 is 0 Å². The molecular weight excluding hydrogens is 241 g/mol. The summed E-state index contributed by atoms with van der Waals surface area (Å²) < 4.78 is 23.5. The molecule has 0 amide bonds. The van der Waals surface area contributed by atoms with Crippen molar-refractivity contribution in [1.29, 1.82) is 0 Å². The van der Waals surface area contributed by atoms with Crippen molar-refractivity contribution in [3.63, 3.8) is 0 Å². The molecule has 0 radical (unpaired) electrons. The van der Waals surface area contributed by atoms with Gasteiger partial charge in [0.25, 0.3) is 0 Å². The maximum absolute atomic E-state index is 13.4. The third kappa shape index (κ3) is 1.46. The van der Waals surface area contributed by atoms with Gasteiger partial charge in [-0.3, -0.25) is 0 Å². The number of fused-ring (bicyclic) bond motifs is 1. The Labute approximate surface area is 99.4 Å². The van der Waals surface area contributed by atoms with Crippen LogP contribution in [0.5, 0.6) is 0 Å². The highest BCUT2D eigenvalue weighted by molar-refractivity contribution is 5.94. The molecule has 0 saturated carbocycles. The Balaban J connectivity index is 2.23. The van der Waals surface area contributed by atoms with E-state index in [0.717, 1.165) is 6.20 Å². The molecule has 0 aliphatic carbocycles. The second kappa shape index (κ2) is 3.69. The average molecular weight is 247 g/mol. The van der Waals surface area contributed by atoms with Gasteiger partial charge in [0.15, 0.2) is 17.2 Å². The van der Waals surface area contributed by atoms with Crippen LogP contribution in [0.15, 0.2) is 39.4 Å². The number of nitrogens with zero attached hydrogens (tertiary/aromatic N) is 1. The Hall–Kier alpha value is -2.63. The Morgan fingerprint density at radius 1 is 1.39 bits per heavy atom. The summed E-state index contributed by atoms with van der Waals surface area (Å²) in [7, 11) is 0. The van der Waals surface area contributed by atoms with Crippen LogP contribution in [0.25, 0.3) is 22.5 Å². The van der Waals surface area contributed by atoms with E-state index in [1.807, 2.05) is 0 Å². The normalized spacial score (nSPS) is 10.9. The lowest BCUT2D eigenvalue weighted by Crippen LogP contribution is -1.95. The van der Waals surface area contributed by atoms with Gasteiger partial charge in [-0.1, -0.05) is 17.3 Å². The van der Waals surface area contributed by atoms with E-state index >= 15 is 0 Å². The monoisotopic (exact) mass is 247 g/mol. The number of carboxylic acids is 1. The maximum Gasteiger partial charge on any atom is 0.341 e. The third-order valence-electron chi connectivity index (χ3n) is 2.52. The third-order valence-corrected chi connectivity index (χ3v) is 2.52. The van der Waals surface area contributed by atoms with E-state index < -0.39 is 11.8 Å². The molecule has 0 aliphatic heterocycles. The molecule has 0 spiro atoms. The zero-order chi connectivity index (χ0) is 12.7. The van der Waals surface area contributed by atoms with Crippen molar-refractivity contribution < 1.29 is 23.2 Å². The number of benzene rings is 1. The summed E-state index contributed by atoms with van der Waals surface area (Å²) in [6, 6.07) is 5.96. The molecule has 0 unspecified atom stereocenters. The second-order valence-electron chi connectivity index (χ2n) is 3.64. The van der Waals surface area contributed by atoms with Gasteiger partial charge in [-0.2, -0.15) is 0 Å². The summed E-state index contributed by atoms with van der Waals surface area (Å²) in [5.74, 6) is -1.61. The predicted octanol–water partition coefficient (Wildman–Crippen LogP) is 2.93. The van der Waals surface area contributed by atoms with Crippen LogP contribution < -0.4 is 0 Å². The van der Waals surface area contributed by atoms with Gasteiger partial charge in [0, 0.05) is 5.39 Å². The van der Waals surface area contributed by atoms with Gasteiger partial charge in [-0.15, -0.1) is 0 Å². The summed E-state index contributed by atoms with van der Waals surface area (Å²) >= 11 is 0. The second-order valence-corrected chi connectivity index (χ2v) is 3.64. The first kappa shape index (κ1) is 10.5. The van der Waals surface area contributed by atoms with Crippen LogP contribution in [-0.4, -0.2) is 16.2 Å². The molecule has 2 heterocycles. The maximum atomic E-state index is 13.4. The van der Waals surface area contributed by atoms with E-state index in [0.29, 0.717) is 5.39 Å². The summed E-state index contributed by atoms with van der Waals surface area (Å²) in [4.78, 5) is 10.9. The first-order valence-corrected chi connectivity index (χ1v) is 5.03. The van der Waals surface area contributed by atoms with Crippen molar-refractivity contribution in [3.05, 3.63) is 41.8 Å². The summed E-state index contributed by atoms with van der Waals surface area (Å²) in [6.45, 7) is 0. The molecule has 5 nitrogen and oxygen atoms in total. The van der Waals surface area contributed by atoms with Gasteiger partial charge in [0.2, 0.25) is 5.76 Å². The van der Waals surface area contributed by atoms with Crippen molar-refractivity contribution in [2.75, 3.05) is 0 Å². The number of hydrogen-bond acceptors (Lipinski definition) is 4. The standard InChI is InChI=1S/C12H6FNO4/c13-8-3-1-2-6-4-9(17-10(6)8)11-7(12(15)16)5-14-18-11/h1-5H,(H,15,16). The van der Waals surface area contributed by atoms with Crippen LogP contribution in [-0.2, 0) is 0 Å². The highest BCUT2D eigenvalue weighted by Gasteiger charge is 2.21. The minimum atomic E-state index is -1.19. The van der Waals surface area contributed by atoms with Gasteiger partial charge in [-0.25, -0.2) is 9.18 Å². The average Bonchev–Trinajstić information content (AvgIpc) is 2.95. The number of halogens is 1. The topological polar surface area (TPSA) is 76.5 Å². The Morgan fingerprint density at radius 3 is 2.94 bits per heavy atom. The molecule has 1 N–H and O–H groups in total. The number of para-hydroxylation sites is 1. The number of rotatable bonds is 2. The molecule has 90 valence electrons. The molecule has 18 heavy (non-hydrogen) atoms. The lowest BCUT2D eigenvalue weighted by atomic mass is 10.2. The molecule has 6 heteroatoms. The van der Waals surface area contributed by atoms with Crippen molar-refractivity contribution in [2.45, 2.75) is 0 Å². The lowest BCUT2D eigenvalue weighted by molar-refractivity contribution is 0.0697. The number of aromatic carboxylic acids is 1. The van der Waals surface area contributed by atoms with E-state index in [-0.39, 0.29) is 22.7 Å². The van der Waals surface area contributed by atoms with Crippen LogP contribution in [0.4, 0.5) is 4.39 Å². The van der Waals surface area contributed by atoms with Gasteiger partial charge in [-0.05, 0) is 12.1 Å². The van der Waals surface area contributed by atoms with Gasteiger partial charge < -0.3 is 14.0 Å². The fraction of sp³-hybridized carbons (Fsp3) is 0. The number of furan rings is 1. The smallest absolute Gasteiger partial charge is 0.341 e. The quantitative estimate of drug-likeness (QED) is 0.753. The zero-order valence-corrected chi connectivity index (χ0v) is 8.88. The van der Waals surface area contributed by atoms with Crippen molar-refractivity contribution in [2.24, 2.45) is 0 Å².